The lowest BCUT2D eigenvalue weighted by Crippen LogP contribution is -2.48. The molecule has 0 saturated carbocycles. The first-order valence-electron chi connectivity index (χ1n) is 9.84. The quantitative estimate of drug-likeness (QED) is 0.662. The van der Waals surface area contributed by atoms with Crippen LogP contribution in [0, 0.1) is 6.92 Å². The maximum Gasteiger partial charge on any atom is 0.193 e. The van der Waals surface area contributed by atoms with Gasteiger partial charge in [0.1, 0.15) is 0 Å². The van der Waals surface area contributed by atoms with Crippen LogP contribution in [-0.2, 0) is 10.2 Å². The van der Waals surface area contributed by atoms with E-state index in [1.165, 1.54) is 17.5 Å². The fourth-order valence-corrected chi connectivity index (χ4v) is 3.98. The summed E-state index contributed by atoms with van der Waals surface area (Å²) in [6, 6.07) is 9.44. The van der Waals surface area contributed by atoms with Crippen LogP contribution in [-0.4, -0.2) is 74.8 Å². The minimum atomic E-state index is 0.0608. The van der Waals surface area contributed by atoms with Crippen molar-refractivity contribution in [3.05, 3.63) is 35.4 Å². The Bertz CT molecular complexity index is 622. The number of aliphatic imine (C=N–C) groups is 1. The molecule has 0 radical (unpaired) electrons. The van der Waals surface area contributed by atoms with E-state index in [1.807, 2.05) is 7.05 Å². The molecule has 1 N–H and O–H groups in total. The van der Waals surface area contributed by atoms with E-state index in [1.54, 1.807) is 0 Å². The van der Waals surface area contributed by atoms with Crippen molar-refractivity contribution < 1.29 is 4.74 Å². The molecule has 2 heterocycles. The van der Waals surface area contributed by atoms with Gasteiger partial charge in [0.25, 0.3) is 0 Å². The SMILES string of the molecule is CN=C(NCC(C)(C)c1cccc(C)c1)N1CCC(N2CCOCC2)C1. The van der Waals surface area contributed by atoms with Gasteiger partial charge in [0.05, 0.1) is 13.2 Å². The molecule has 1 atom stereocenters. The van der Waals surface area contributed by atoms with Gasteiger partial charge in [0, 0.05) is 51.2 Å². The summed E-state index contributed by atoms with van der Waals surface area (Å²) in [4.78, 5) is 9.54. The smallest absolute Gasteiger partial charge is 0.193 e. The number of aryl methyl sites for hydroxylation is 1. The Kier molecular flexibility index (Phi) is 6.20. The molecule has 0 aliphatic carbocycles. The summed E-state index contributed by atoms with van der Waals surface area (Å²) >= 11 is 0. The number of nitrogens with one attached hydrogen (secondary N) is 1. The lowest BCUT2D eigenvalue weighted by molar-refractivity contribution is 0.0195. The Morgan fingerprint density at radius 3 is 2.73 bits per heavy atom. The van der Waals surface area contributed by atoms with Crippen LogP contribution in [0.3, 0.4) is 0 Å². The maximum atomic E-state index is 5.49. The Morgan fingerprint density at radius 2 is 2.04 bits per heavy atom. The summed E-state index contributed by atoms with van der Waals surface area (Å²) in [6.45, 7) is 13.6. The molecule has 1 aromatic rings. The highest BCUT2D eigenvalue weighted by Crippen LogP contribution is 2.23. The average molecular weight is 359 g/mol. The molecular formula is C21H34N4O. The number of hydrogen-bond acceptors (Lipinski definition) is 3. The highest BCUT2D eigenvalue weighted by Gasteiger charge is 2.31. The van der Waals surface area contributed by atoms with Crippen LogP contribution in [0.1, 0.15) is 31.4 Å². The van der Waals surface area contributed by atoms with Crippen LogP contribution in [0.25, 0.3) is 0 Å². The second-order valence-corrected chi connectivity index (χ2v) is 8.19. The fourth-order valence-electron chi connectivity index (χ4n) is 3.98. The Hall–Kier alpha value is -1.59. The molecule has 144 valence electrons. The first-order valence-corrected chi connectivity index (χ1v) is 9.84. The van der Waals surface area contributed by atoms with Crippen LogP contribution in [0.4, 0.5) is 0 Å². The van der Waals surface area contributed by atoms with E-state index < -0.39 is 0 Å². The first kappa shape index (κ1) is 19.2. The van der Waals surface area contributed by atoms with Crippen molar-refractivity contribution in [3.8, 4) is 0 Å². The predicted molar refractivity (Wildman–Crippen MR) is 108 cm³/mol. The monoisotopic (exact) mass is 358 g/mol. The normalized spacial score (nSPS) is 22.7. The van der Waals surface area contributed by atoms with Gasteiger partial charge in [-0.25, -0.2) is 0 Å². The summed E-state index contributed by atoms with van der Waals surface area (Å²) in [7, 11) is 1.89. The molecule has 1 unspecified atom stereocenters. The standard InChI is InChI=1S/C21H34N4O/c1-17-6-5-7-18(14-17)21(2,3)16-23-20(22-4)25-9-8-19(15-25)24-10-12-26-13-11-24/h5-7,14,19H,8-13,15-16H2,1-4H3,(H,22,23). The summed E-state index contributed by atoms with van der Waals surface area (Å²) < 4.78 is 5.49. The van der Waals surface area contributed by atoms with Gasteiger partial charge in [0.2, 0.25) is 0 Å². The van der Waals surface area contributed by atoms with E-state index >= 15 is 0 Å². The minimum Gasteiger partial charge on any atom is -0.379 e. The third-order valence-corrected chi connectivity index (χ3v) is 5.72. The van der Waals surface area contributed by atoms with Gasteiger partial charge in [-0.15, -0.1) is 0 Å². The van der Waals surface area contributed by atoms with Gasteiger partial charge in [-0.05, 0) is 18.9 Å². The van der Waals surface area contributed by atoms with Crippen molar-refractivity contribution >= 4 is 5.96 Å². The molecule has 1 aromatic carbocycles. The van der Waals surface area contributed by atoms with Crippen molar-refractivity contribution in [2.75, 3.05) is 53.0 Å². The van der Waals surface area contributed by atoms with Crippen LogP contribution >= 0.6 is 0 Å². The number of ether oxygens (including phenoxy) is 1. The Labute approximate surface area is 158 Å². The van der Waals surface area contributed by atoms with Crippen molar-refractivity contribution in [2.24, 2.45) is 4.99 Å². The van der Waals surface area contributed by atoms with Crippen molar-refractivity contribution in [1.82, 2.24) is 15.1 Å². The number of hydrogen-bond donors (Lipinski definition) is 1. The molecule has 0 spiro atoms. The molecule has 26 heavy (non-hydrogen) atoms. The Morgan fingerprint density at radius 1 is 1.27 bits per heavy atom. The van der Waals surface area contributed by atoms with Gasteiger partial charge in [-0.3, -0.25) is 9.89 Å². The third kappa shape index (κ3) is 4.57. The zero-order valence-corrected chi connectivity index (χ0v) is 16.8. The molecule has 3 rings (SSSR count). The van der Waals surface area contributed by atoms with Crippen molar-refractivity contribution in [3.63, 3.8) is 0 Å². The molecule has 0 aromatic heterocycles. The van der Waals surface area contributed by atoms with E-state index in [-0.39, 0.29) is 5.41 Å². The Balaban J connectivity index is 1.56. The van der Waals surface area contributed by atoms with E-state index in [0.717, 1.165) is 51.9 Å². The molecule has 5 heteroatoms. The number of morpholine rings is 1. The molecular weight excluding hydrogens is 324 g/mol. The summed E-state index contributed by atoms with van der Waals surface area (Å²) in [5.74, 6) is 1.03. The first-order chi connectivity index (χ1) is 12.5. The van der Waals surface area contributed by atoms with Crippen molar-refractivity contribution in [2.45, 2.75) is 38.6 Å². The second kappa shape index (κ2) is 8.40. The molecule has 2 fully saturated rings. The van der Waals surface area contributed by atoms with Crippen LogP contribution in [0.2, 0.25) is 0 Å². The minimum absolute atomic E-state index is 0.0608. The largest absolute Gasteiger partial charge is 0.379 e. The highest BCUT2D eigenvalue weighted by atomic mass is 16.5. The van der Waals surface area contributed by atoms with Gasteiger partial charge >= 0.3 is 0 Å². The molecule has 5 nitrogen and oxygen atoms in total. The van der Waals surface area contributed by atoms with E-state index in [4.69, 9.17) is 4.74 Å². The molecule has 0 amide bonds. The van der Waals surface area contributed by atoms with Crippen molar-refractivity contribution in [1.29, 1.82) is 0 Å². The summed E-state index contributed by atoms with van der Waals surface area (Å²) in [5, 5.41) is 3.63. The zero-order chi connectivity index (χ0) is 18.6. The number of rotatable bonds is 4. The van der Waals surface area contributed by atoms with E-state index in [0.29, 0.717) is 6.04 Å². The third-order valence-electron chi connectivity index (χ3n) is 5.72. The number of guanidine groups is 1. The summed E-state index contributed by atoms with van der Waals surface area (Å²) in [5.41, 5.74) is 2.74. The van der Waals surface area contributed by atoms with E-state index in [2.05, 4.69) is 65.1 Å². The zero-order valence-electron chi connectivity index (χ0n) is 16.8. The average Bonchev–Trinajstić information content (AvgIpc) is 3.13. The van der Waals surface area contributed by atoms with Crippen LogP contribution < -0.4 is 5.32 Å². The fraction of sp³-hybridized carbons (Fsp3) is 0.667. The van der Waals surface area contributed by atoms with E-state index in [9.17, 15) is 0 Å². The predicted octanol–water partition coefficient (Wildman–Crippen LogP) is 2.25. The maximum absolute atomic E-state index is 5.49. The lowest BCUT2D eigenvalue weighted by atomic mass is 9.84. The summed E-state index contributed by atoms with van der Waals surface area (Å²) in [6.07, 6.45) is 1.21. The van der Waals surface area contributed by atoms with Gasteiger partial charge < -0.3 is 15.0 Å². The topological polar surface area (TPSA) is 40.1 Å². The number of nitrogens with zero attached hydrogens (tertiary/aromatic N) is 3. The number of benzene rings is 1. The highest BCUT2D eigenvalue weighted by molar-refractivity contribution is 5.80. The van der Waals surface area contributed by atoms with Crippen LogP contribution in [0.15, 0.2) is 29.3 Å². The second-order valence-electron chi connectivity index (χ2n) is 8.19. The molecule has 2 saturated heterocycles. The lowest BCUT2D eigenvalue weighted by Gasteiger charge is -2.33. The molecule has 2 aliphatic rings. The van der Waals surface area contributed by atoms with Gasteiger partial charge in [-0.2, -0.15) is 0 Å². The molecule has 0 bridgehead atoms. The molecule has 2 aliphatic heterocycles. The number of likely N-dealkylation sites (tertiary alicyclic amines) is 1. The van der Waals surface area contributed by atoms with Gasteiger partial charge in [0.15, 0.2) is 5.96 Å². The van der Waals surface area contributed by atoms with Gasteiger partial charge in [-0.1, -0.05) is 43.7 Å². The van der Waals surface area contributed by atoms with Crippen LogP contribution in [0.5, 0.6) is 0 Å².